The summed E-state index contributed by atoms with van der Waals surface area (Å²) < 4.78 is 54.8. The van der Waals surface area contributed by atoms with E-state index in [1.165, 1.54) is 0 Å². The summed E-state index contributed by atoms with van der Waals surface area (Å²) in [5.41, 5.74) is -0.241. The number of nitrogens with one attached hydrogen (secondary N) is 2. The first-order valence-electron chi connectivity index (χ1n) is 7.06. The number of rotatable bonds is 7. The van der Waals surface area contributed by atoms with Gasteiger partial charge >= 0.3 is 0 Å². The Morgan fingerprint density at radius 2 is 2.00 bits per heavy atom. The van der Waals surface area contributed by atoms with Gasteiger partial charge in [-0.05, 0) is 37.4 Å². The standard InChI is InChI=1S/C14H20F2N2O2S/c1-3-6-17-8-10-11(15)4-5-13(14(10)16)21(19,20)18-12-7-9(12)2/h4-5,9,12,17-18H,3,6-8H2,1-2H3. The van der Waals surface area contributed by atoms with Gasteiger partial charge in [-0.3, -0.25) is 0 Å². The normalized spacial score (nSPS) is 21.5. The van der Waals surface area contributed by atoms with E-state index >= 15 is 0 Å². The van der Waals surface area contributed by atoms with E-state index in [9.17, 15) is 17.2 Å². The van der Waals surface area contributed by atoms with Crippen LogP contribution in [0, 0.1) is 17.6 Å². The Labute approximate surface area is 124 Å². The minimum Gasteiger partial charge on any atom is -0.312 e. The summed E-state index contributed by atoms with van der Waals surface area (Å²) in [6.45, 7) is 4.41. The Morgan fingerprint density at radius 3 is 2.57 bits per heavy atom. The first-order valence-corrected chi connectivity index (χ1v) is 8.55. The molecule has 1 aromatic rings. The molecule has 0 radical (unpaired) electrons. The molecule has 1 aromatic carbocycles. The molecule has 118 valence electrons. The van der Waals surface area contributed by atoms with Crippen molar-refractivity contribution in [2.45, 2.75) is 44.2 Å². The molecule has 1 aliphatic rings. The topological polar surface area (TPSA) is 58.2 Å². The van der Waals surface area contributed by atoms with Crippen LogP contribution in [0.15, 0.2) is 17.0 Å². The molecule has 2 atom stereocenters. The highest BCUT2D eigenvalue weighted by molar-refractivity contribution is 7.89. The quantitative estimate of drug-likeness (QED) is 0.758. The smallest absolute Gasteiger partial charge is 0.243 e. The number of hydrogen-bond acceptors (Lipinski definition) is 3. The number of halogens is 2. The third-order valence-corrected chi connectivity index (χ3v) is 5.09. The van der Waals surface area contributed by atoms with Crippen molar-refractivity contribution < 1.29 is 17.2 Å². The second kappa shape index (κ2) is 6.37. The molecule has 21 heavy (non-hydrogen) atoms. The maximum absolute atomic E-state index is 14.3. The molecule has 0 bridgehead atoms. The Balaban J connectivity index is 2.25. The van der Waals surface area contributed by atoms with Crippen LogP contribution in [-0.4, -0.2) is 21.0 Å². The van der Waals surface area contributed by atoms with Gasteiger partial charge in [0, 0.05) is 18.2 Å². The minimum atomic E-state index is -3.95. The summed E-state index contributed by atoms with van der Waals surface area (Å²) in [7, 11) is -3.95. The van der Waals surface area contributed by atoms with Crippen LogP contribution in [0.4, 0.5) is 8.78 Å². The van der Waals surface area contributed by atoms with Crippen molar-refractivity contribution in [2.24, 2.45) is 5.92 Å². The zero-order valence-corrected chi connectivity index (χ0v) is 12.9. The van der Waals surface area contributed by atoms with E-state index in [-0.39, 0.29) is 24.1 Å². The molecule has 1 fully saturated rings. The third-order valence-electron chi connectivity index (χ3n) is 3.58. The summed E-state index contributed by atoms with van der Waals surface area (Å²) in [4.78, 5) is -0.490. The summed E-state index contributed by atoms with van der Waals surface area (Å²) in [5, 5.41) is 2.88. The lowest BCUT2D eigenvalue weighted by molar-refractivity contribution is 0.510. The van der Waals surface area contributed by atoms with Crippen molar-refractivity contribution in [1.82, 2.24) is 10.0 Å². The van der Waals surface area contributed by atoms with Gasteiger partial charge in [0.25, 0.3) is 0 Å². The average molecular weight is 318 g/mol. The summed E-state index contributed by atoms with van der Waals surface area (Å²) >= 11 is 0. The van der Waals surface area contributed by atoms with Crippen molar-refractivity contribution in [2.75, 3.05) is 6.54 Å². The number of hydrogen-bond donors (Lipinski definition) is 2. The molecule has 0 aromatic heterocycles. The second-order valence-electron chi connectivity index (χ2n) is 5.46. The van der Waals surface area contributed by atoms with Crippen molar-refractivity contribution in [3.63, 3.8) is 0 Å². The minimum absolute atomic E-state index is 0.0330. The molecule has 2 N–H and O–H groups in total. The van der Waals surface area contributed by atoms with E-state index in [0.29, 0.717) is 6.54 Å². The second-order valence-corrected chi connectivity index (χ2v) is 7.14. The zero-order valence-electron chi connectivity index (χ0n) is 12.1. The Kier molecular flexibility index (Phi) is 4.95. The van der Waals surface area contributed by atoms with Gasteiger partial charge in [0.15, 0.2) is 5.82 Å². The van der Waals surface area contributed by atoms with Crippen LogP contribution in [0.5, 0.6) is 0 Å². The molecule has 1 saturated carbocycles. The van der Waals surface area contributed by atoms with Crippen LogP contribution in [0.25, 0.3) is 0 Å². The molecule has 2 unspecified atom stereocenters. The molecule has 0 saturated heterocycles. The van der Waals surface area contributed by atoms with Gasteiger partial charge in [-0.1, -0.05) is 13.8 Å². The van der Waals surface area contributed by atoms with Crippen molar-refractivity contribution >= 4 is 10.0 Å². The number of sulfonamides is 1. The Morgan fingerprint density at radius 1 is 1.33 bits per heavy atom. The van der Waals surface area contributed by atoms with Gasteiger partial charge < -0.3 is 5.32 Å². The van der Waals surface area contributed by atoms with Crippen LogP contribution in [0.1, 0.15) is 32.3 Å². The highest BCUT2D eigenvalue weighted by atomic mass is 32.2. The van der Waals surface area contributed by atoms with Crippen molar-refractivity contribution in [3.8, 4) is 0 Å². The van der Waals surface area contributed by atoms with Crippen LogP contribution in [0.2, 0.25) is 0 Å². The first-order chi connectivity index (χ1) is 9.86. The van der Waals surface area contributed by atoms with Gasteiger partial charge in [0.1, 0.15) is 10.7 Å². The van der Waals surface area contributed by atoms with E-state index in [1.807, 2.05) is 13.8 Å². The molecular formula is C14H20F2N2O2S. The molecular weight excluding hydrogens is 298 g/mol. The van der Waals surface area contributed by atoms with Gasteiger partial charge in [-0.2, -0.15) is 0 Å². The monoisotopic (exact) mass is 318 g/mol. The highest BCUT2D eigenvalue weighted by Crippen LogP contribution is 2.31. The van der Waals surface area contributed by atoms with Crippen molar-refractivity contribution in [1.29, 1.82) is 0 Å². The molecule has 0 heterocycles. The highest BCUT2D eigenvalue weighted by Gasteiger charge is 2.37. The molecule has 1 aliphatic carbocycles. The lowest BCUT2D eigenvalue weighted by Gasteiger charge is -2.11. The molecule has 0 aliphatic heterocycles. The Bertz CT molecular complexity index is 620. The molecule has 7 heteroatoms. The number of benzene rings is 1. The predicted octanol–water partition coefficient (Wildman–Crippen LogP) is 2.15. The fraction of sp³-hybridized carbons (Fsp3) is 0.571. The van der Waals surface area contributed by atoms with Crippen LogP contribution in [0.3, 0.4) is 0 Å². The van der Waals surface area contributed by atoms with Gasteiger partial charge in [-0.25, -0.2) is 21.9 Å². The van der Waals surface area contributed by atoms with E-state index in [0.717, 1.165) is 25.0 Å². The third kappa shape index (κ3) is 3.78. The van der Waals surface area contributed by atoms with Gasteiger partial charge in [-0.15, -0.1) is 0 Å². The fourth-order valence-corrected chi connectivity index (χ4v) is 3.55. The van der Waals surface area contributed by atoms with E-state index in [1.54, 1.807) is 0 Å². The lowest BCUT2D eigenvalue weighted by Crippen LogP contribution is -2.28. The molecule has 4 nitrogen and oxygen atoms in total. The summed E-state index contributed by atoms with van der Waals surface area (Å²) in [5.74, 6) is -1.50. The lowest BCUT2D eigenvalue weighted by atomic mass is 10.2. The Hall–Kier alpha value is -1.05. The zero-order chi connectivity index (χ0) is 15.6. The predicted molar refractivity (Wildman–Crippen MR) is 76.2 cm³/mol. The fourth-order valence-electron chi connectivity index (χ4n) is 2.08. The SMILES string of the molecule is CCCNCc1c(F)ccc(S(=O)(=O)NC2CC2C)c1F. The van der Waals surface area contributed by atoms with Crippen LogP contribution >= 0.6 is 0 Å². The van der Waals surface area contributed by atoms with E-state index in [4.69, 9.17) is 0 Å². The summed E-state index contributed by atoms with van der Waals surface area (Å²) in [6.07, 6.45) is 1.56. The first kappa shape index (κ1) is 16.3. The van der Waals surface area contributed by atoms with Crippen LogP contribution < -0.4 is 10.0 Å². The summed E-state index contributed by atoms with van der Waals surface area (Å²) in [6, 6.07) is 1.82. The maximum Gasteiger partial charge on any atom is 0.243 e. The maximum atomic E-state index is 14.3. The van der Waals surface area contributed by atoms with E-state index in [2.05, 4.69) is 10.0 Å². The average Bonchev–Trinajstić information content (AvgIpc) is 3.07. The molecule has 0 spiro atoms. The van der Waals surface area contributed by atoms with Gasteiger partial charge in [0.2, 0.25) is 10.0 Å². The largest absolute Gasteiger partial charge is 0.312 e. The van der Waals surface area contributed by atoms with Crippen molar-refractivity contribution in [3.05, 3.63) is 29.3 Å². The van der Waals surface area contributed by atoms with Gasteiger partial charge in [0.05, 0.1) is 0 Å². The molecule has 0 amide bonds. The van der Waals surface area contributed by atoms with Crippen LogP contribution in [-0.2, 0) is 16.6 Å². The molecule has 2 rings (SSSR count). The van der Waals surface area contributed by atoms with E-state index < -0.39 is 26.6 Å².